The smallest absolute Gasteiger partial charge is 0.359 e. The number of rotatable bonds is 12. The van der Waals surface area contributed by atoms with Crippen LogP contribution in [0.4, 0.5) is 0 Å². The molecule has 0 saturated heterocycles. The third-order valence-corrected chi connectivity index (χ3v) is 6.39. The van der Waals surface area contributed by atoms with E-state index < -0.39 is 25.8 Å². The third-order valence-electron chi connectivity index (χ3n) is 6.39. The van der Waals surface area contributed by atoms with Gasteiger partial charge in [0.2, 0.25) is 0 Å². The maximum atomic E-state index is 11.5. The lowest BCUT2D eigenvalue weighted by Gasteiger charge is -2.29. The standard InChI is InChI=1S/C30H32B2O5/c1-35-21-23-13-17-27(18-14-23)31(33)29(25-9-5-3-6-10-25)37-30(26-11-7-4-8-12-26)32(34)28-19-15-24(16-20-28)22-36-2/h3-20,29-30,33-34H,21-22H2,1-2H3. The molecule has 0 saturated carbocycles. The predicted molar refractivity (Wildman–Crippen MR) is 149 cm³/mol. The largest absolute Gasteiger partial charge is 0.445 e. The Hall–Kier alpha value is -3.19. The van der Waals surface area contributed by atoms with Crippen molar-refractivity contribution in [3.8, 4) is 0 Å². The van der Waals surface area contributed by atoms with Gasteiger partial charge in [0.25, 0.3) is 0 Å². The zero-order chi connectivity index (χ0) is 26.0. The van der Waals surface area contributed by atoms with Crippen LogP contribution in [-0.4, -0.2) is 38.1 Å². The second-order valence-electron chi connectivity index (χ2n) is 9.04. The van der Waals surface area contributed by atoms with Crippen LogP contribution in [0.15, 0.2) is 109 Å². The third kappa shape index (κ3) is 6.98. The van der Waals surface area contributed by atoms with Crippen molar-refractivity contribution in [2.24, 2.45) is 0 Å². The van der Waals surface area contributed by atoms with E-state index in [1.165, 1.54) is 0 Å². The molecular formula is C30H32B2O5. The lowest BCUT2D eigenvalue weighted by atomic mass is 9.52. The molecule has 4 aromatic rings. The minimum Gasteiger partial charge on any atom is -0.445 e. The average Bonchev–Trinajstić information content (AvgIpc) is 2.95. The summed E-state index contributed by atoms with van der Waals surface area (Å²) in [5, 5.41) is 23.1. The Morgan fingerprint density at radius 2 is 0.892 bits per heavy atom. The molecule has 4 rings (SSSR count). The molecule has 2 unspecified atom stereocenters. The number of benzene rings is 4. The van der Waals surface area contributed by atoms with Gasteiger partial charge in [-0.2, -0.15) is 0 Å². The number of hydrogen-bond donors (Lipinski definition) is 2. The van der Waals surface area contributed by atoms with Gasteiger partial charge in [-0.1, -0.05) is 109 Å². The van der Waals surface area contributed by atoms with E-state index in [-0.39, 0.29) is 0 Å². The van der Waals surface area contributed by atoms with Gasteiger partial charge in [0.05, 0.1) is 25.2 Å². The van der Waals surface area contributed by atoms with E-state index >= 15 is 0 Å². The van der Waals surface area contributed by atoms with Gasteiger partial charge >= 0.3 is 13.8 Å². The Morgan fingerprint density at radius 1 is 0.541 bits per heavy atom. The monoisotopic (exact) mass is 494 g/mol. The Bertz CT molecular complexity index is 1110. The molecule has 2 N–H and O–H groups in total. The minimum absolute atomic E-state index is 0.500. The Labute approximate surface area is 219 Å². The molecule has 188 valence electrons. The highest BCUT2D eigenvalue weighted by Gasteiger charge is 2.37. The maximum Gasteiger partial charge on any atom is 0.359 e. The van der Waals surface area contributed by atoms with Gasteiger partial charge in [0.1, 0.15) is 0 Å². The Kier molecular flexibility index (Phi) is 9.71. The van der Waals surface area contributed by atoms with Gasteiger partial charge in [-0.25, -0.2) is 0 Å². The lowest BCUT2D eigenvalue weighted by molar-refractivity contribution is 0.0592. The first kappa shape index (κ1) is 26.9. The molecule has 4 aromatic carbocycles. The second-order valence-corrected chi connectivity index (χ2v) is 9.04. The van der Waals surface area contributed by atoms with Crippen LogP contribution in [0.2, 0.25) is 0 Å². The van der Waals surface area contributed by atoms with Crippen LogP contribution in [0.3, 0.4) is 0 Å². The topological polar surface area (TPSA) is 68.2 Å². The normalized spacial score (nSPS) is 12.6. The molecule has 0 fully saturated rings. The van der Waals surface area contributed by atoms with E-state index in [1.54, 1.807) is 14.2 Å². The number of hydrogen-bond acceptors (Lipinski definition) is 5. The van der Waals surface area contributed by atoms with Crippen molar-refractivity contribution in [1.29, 1.82) is 0 Å². The van der Waals surface area contributed by atoms with Crippen molar-refractivity contribution in [3.05, 3.63) is 131 Å². The first-order valence-electron chi connectivity index (χ1n) is 12.4. The highest BCUT2D eigenvalue weighted by Crippen LogP contribution is 2.30. The van der Waals surface area contributed by atoms with Crippen LogP contribution < -0.4 is 10.9 Å². The number of methoxy groups -OCH3 is 2. The predicted octanol–water partition coefficient (Wildman–Crippen LogP) is 3.64. The van der Waals surface area contributed by atoms with E-state index in [0.717, 1.165) is 33.2 Å². The number of ether oxygens (including phenoxy) is 3. The van der Waals surface area contributed by atoms with Crippen molar-refractivity contribution in [2.75, 3.05) is 14.2 Å². The summed E-state index contributed by atoms with van der Waals surface area (Å²) >= 11 is 0. The first-order valence-corrected chi connectivity index (χ1v) is 12.4. The molecule has 0 aliphatic heterocycles. The van der Waals surface area contributed by atoms with Crippen molar-refractivity contribution in [2.45, 2.75) is 25.2 Å². The van der Waals surface area contributed by atoms with Crippen LogP contribution in [0.5, 0.6) is 0 Å². The fourth-order valence-corrected chi connectivity index (χ4v) is 4.42. The maximum absolute atomic E-state index is 11.5. The summed E-state index contributed by atoms with van der Waals surface area (Å²) in [6.07, 6.45) is 0. The van der Waals surface area contributed by atoms with Crippen molar-refractivity contribution in [1.82, 2.24) is 0 Å². The lowest BCUT2D eigenvalue weighted by Crippen LogP contribution is -2.44. The highest BCUT2D eigenvalue weighted by atomic mass is 16.5. The SMILES string of the molecule is COCc1ccc(B(O)C(OC(B(O)c2ccc(COC)cc2)c2ccccc2)c2ccccc2)cc1. The summed E-state index contributed by atoms with van der Waals surface area (Å²) in [5.41, 5.74) is 5.12. The first-order chi connectivity index (χ1) is 18.1. The molecule has 0 aliphatic rings. The van der Waals surface area contributed by atoms with E-state index in [1.807, 2.05) is 109 Å². The molecular weight excluding hydrogens is 462 g/mol. The summed E-state index contributed by atoms with van der Waals surface area (Å²) in [5.74, 6) is 0. The fourth-order valence-electron chi connectivity index (χ4n) is 4.42. The van der Waals surface area contributed by atoms with Gasteiger partial charge in [-0.15, -0.1) is 0 Å². The molecule has 2 atom stereocenters. The molecule has 37 heavy (non-hydrogen) atoms. The van der Waals surface area contributed by atoms with Gasteiger partial charge in [-0.3, -0.25) is 0 Å². The van der Waals surface area contributed by atoms with E-state index in [0.29, 0.717) is 13.2 Å². The summed E-state index contributed by atoms with van der Waals surface area (Å²) < 4.78 is 17.1. The average molecular weight is 494 g/mol. The molecule has 5 nitrogen and oxygen atoms in total. The molecule has 0 amide bonds. The molecule has 0 radical (unpaired) electrons. The van der Waals surface area contributed by atoms with Gasteiger partial charge in [0.15, 0.2) is 0 Å². The molecule has 7 heteroatoms. The second kappa shape index (κ2) is 13.4. The van der Waals surface area contributed by atoms with Crippen molar-refractivity contribution in [3.63, 3.8) is 0 Å². The molecule has 0 aromatic heterocycles. The minimum atomic E-state index is -0.957. The van der Waals surface area contributed by atoms with E-state index in [4.69, 9.17) is 14.2 Å². The fraction of sp³-hybridized carbons (Fsp3) is 0.200. The molecule has 0 spiro atoms. The van der Waals surface area contributed by atoms with Crippen LogP contribution in [-0.2, 0) is 27.4 Å². The molecule has 0 bridgehead atoms. The molecule has 0 heterocycles. The Balaban J connectivity index is 1.69. The van der Waals surface area contributed by atoms with Crippen LogP contribution in [0.25, 0.3) is 0 Å². The summed E-state index contributed by atoms with van der Waals surface area (Å²) in [4.78, 5) is 0. The highest BCUT2D eigenvalue weighted by molar-refractivity contribution is 6.68. The van der Waals surface area contributed by atoms with Crippen molar-refractivity contribution < 1.29 is 24.3 Å². The van der Waals surface area contributed by atoms with Gasteiger partial charge < -0.3 is 24.3 Å². The van der Waals surface area contributed by atoms with Gasteiger partial charge in [0, 0.05) is 14.2 Å². The zero-order valence-corrected chi connectivity index (χ0v) is 21.2. The van der Waals surface area contributed by atoms with E-state index in [9.17, 15) is 10.0 Å². The quantitative estimate of drug-likeness (QED) is 0.295. The summed E-state index contributed by atoms with van der Waals surface area (Å²) in [6, 6.07) is 33.1. The Morgan fingerprint density at radius 3 is 1.22 bits per heavy atom. The molecule has 0 aliphatic carbocycles. The summed E-state index contributed by atoms with van der Waals surface area (Å²) in [6.45, 7) is -0.913. The zero-order valence-electron chi connectivity index (χ0n) is 21.2. The summed E-state index contributed by atoms with van der Waals surface area (Å²) in [7, 11) is 3.31. The van der Waals surface area contributed by atoms with Crippen LogP contribution in [0, 0.1) is 0 Å². The van der Waals surface area contributed by atoms with Crippen LogP contribution >= 0.6 is 0 Å². The van der Waals surface area contributed by atoms with Crippen molar-refractivity contribution >= 4 is 24.8 Å². The van der Waals surface area contributed by atoms with Crippen LogP contribution in [0.1, 0.15) is 34.3 Å². The van der Waals surface area contributed by atoms with Gasteiger partial charge in [-0.05, 0) is 33.2 Å². The van der Waals surface area contributed by atoms with E-state index in [2.05, 4.69) is 0 Å².